The number of carboxylic acid groups (broad SMARTS) is 1. The Balaban J connectivity index is 2.07. The molecule has 7 heteroatoms. The van der Waals surface area contributed by atoms with Crippen LogP contribution in [-0.2, 0) is 17.8 Å². The molecule has 0 radical (unpaired) electrons. The van der Waals surface area contributed by atoms with Gasteiger partial charge in [-0.15, -0.1) is 10.2 Å². The van der Waals surface area contributed by atoms with Gasteiger partial charge in [0, 0.05) is 18.7 Å². The zero-order valence-corrected chi connectivity index (χ0v) is 12.9. The van der Waals surface area contributed by atoms with Crippen molar-refractivity contribution in [1.29, 1.82) is 0 Å². The van der Waals surface area contributed by atoms with E-state index in [4.69, 9.17) is 0 Å². The first-order valence-electron chi connectivity index (χ1n) is 7.10. The summed E-state index contributed by atoms with van der Waals surface area (Å²) in [5.41, 5.74) is -0.934. The molecule has 0 saturated heterocycles. The van der Waals surface area contributed by atoms with Crippen LogP contribution in [0, 0.1) is 0 Å². The molecule has 1 aliphatic heterocycles. The van der Waals surface area contributed by atoms with Gasteiger partial charge in [-0.3, -0.25) is 4.79 Å². The Hall–Kier alpha value is -1.08. The monoisotopic (exact) mass is 298 g/mol. The van der Waals surface area contributed by atoms with Crippen LogP contribution >= 0.6 is 11.8 Å². The molecule has 1 aliphatic rings. The van der Waals surface area contributed by atoms with Gasteiger partial charge in [-0.25, -0.2) is 0 Å². The van der Waals surface area contributed by atoms with Gasteiger partial charge < -0.3 is 15.0 Å². The third-order valence-corrected chi connectivity index (χ3v) is 4.89. The largest absolute Gasteiger partial charge is 0.480 e. The van der Waals surface area contributed by atoms with Gasteiger partial charge >= 0.3 is 5.97 Å². The molecular weight excluding hydrogens is 276 g/mol. The van der Waals surface area contributed by atoms with E-state index in [0.29, 0.717) is 12.3 Å². The van der Waals surface area contributed by atoms with Gasteiger partial charge in [-0.05, 0) is 26.3 Å². The minimum absolute atomic E-state index is 0.439. The highest BCUT2D eigenvalue weighted by molar-refractivity contribution is 7.99. The molecule has 112 valence electrons. The lowest BCUT2D eigenvalue weighted by molar-refractivity contribution is -0.143. The van der Waals surface area contributed by atoms with Crippen LogP contribution in [0.25, 0.3) is 0 Å². The Labute approximate surface area is 123 Å². The molecule has 20 heavy (non-hydrogen) atoms. The Bertz CT molecular complexity index is 477. The quantitative estimate of drug-likeness (QED) is 0.776. The second-order valence-electron chi connectivity index (χ2n) is 5.32. The standard InChI is InChI=1S/C13H22N4O2S/c1-3-14-13(2,11(18)19)9-20-12-16-15-10-7-5-4-6-8-17(10)12/h14H,3-9H2,1-2H3,(H,18,19). The van der Waals surface area contributed by atoms with Crippen LogP contribution in [0.1, 0.15) is 38.9 Å². The molecule has 2 rings (SSSR count). The maximum absolute atomic E-state index is 11.4. The van der Waals surface area contributed by atoms with Crippen LogP contribution < -0.4 is 5.32 Å². The van der Waals surface area contributed by atoms with E-state index >= 15 is 0 Å². The molecule has 0 amide bonds. The summed E-state index contributed by atoms with van der Waals surface area (Å²) in [6, 6.07) is 0. The third-order valence-electron chi connectivity index (χ3n) is 3.60. The predicted octanol–water partition coefficient (Wildman–Crippen LogP) is 1.55. The van der Waals surface area contributed by atoms with Gasteiger partial charge in [0.15, 0.2) is 5.16 Å². The number of carboxylic acids is 1. The highest BCUT2D eigenvalue weighted by atomic mass is 32.2. The van der Waals surface area contributed by atoms with Crippen molar-refractivity contribution in [3.63, 3.8) is 0 Å². The maximum atomic E-state index is 11.4. The van der Waals surface area contributed by atoms with Gasteiger partial charge in [0.25, 0.3) is 0 Å². The summed E-state index contributed by atoms with van der Waals surface area (Å²) in [5, 5.41) is 21.7. The van der Waals surface area contributed by atoms with Gasteiger partial charge in [0.2, 0.25) is 0 Å². The van der Waals surface area contributed by atoms with Crippen molar-refractivity contribution in [3.8, 4) is 0 Å². The minimum atomic E-state index is -0.934. The molecule has 0 spiro atoms. The van der Waals surface area contributed by atoms with E-state index in [1.807, 2.05) is 6.92 Å². The number of rotatable bonds is 6. The lowest BCUT2D eigenvalue weighted by atomic mass is 10.1. The van der Waals surface area contributed by atoms with Crippen molar-refractivity contribution in [1.82, 2.24) is 20.1 Å². The number of hydrogen-bond acceptors (Lipinski definition) is 5. The summed E-state index contributed by atoms with van der Waals surface area (Å²) in [7, 11) is 0. The minimum Gasteiger partial charge on any atom is -0.480 e. The number of nitrogens with zero attached hydrogens (tertiary/aromatic N) is 3. The number of nitrogens with one attached hydrogen (secondary N) is 1. The Kier molecular flexibility index (Phi) is 5.04. The van der Waals surface area contributed by atoms with E-state index < -0.39 is 11.5 Å². The van der Waals surface area contributed by atoms with Crippen LogP contribution in [0.3, 0.4) is 0 Å². The second kappa shape index (κ2) is 6.58. The number of aliphatic carboxylic acids is 1. The molecule has 1 aromatic rings. The number of aromatic nitrogens is 3. The number of fused-ring (bicyclic) bond motifs is 1. The van der Waals surface area contributed by atoms with Gasteiger partial charge in [0.05, 0.1) is 0 Å². The fraction of sp³-hybridized carbons (Fsp3) is 0.769. The van der Waals surface area contributed by atoms with Gasteiger partial charge in [-0.1, -0.05) is 25.1 Å². The molecule has 2 heterocycles. The van der Waals surface area contributed by atoms with Crippen LogP contribution in [0.4, 0.5) is 0 Å². The fourth-order valence-corrected chi connectivity index (χ4v) is 3.45. The zero-order valence-electron chi connectivity index (χ0n) is 12.1. The Morgan fingerprint density at radius 1 is 1.45 bits per heavy atom. The van der Waals surface area contributed by atoms with Crippen molar-refractivity contribution in [2.75, 3.05) is 12.3 Å². The van der Waals surface area contributed by atoms with E-state index in [0.717, 1.165) is 36.8 Å². The molecule has 0 aromatic carbocycles. The average Bonchev–Trinajstić information content (AvgIpc) is 2.64. The first-order valence-corrected chi connectivity index (χ1v) is 8.08. The lowest BCUT2D eigenvalue weighted by Crippen LogP contribution is -2.51. The van der Waals surface area contributed by atoms with Crippen molar-refractivity contribution in [2.24, 2.45) is 0 Å². The molecule has 0 saturated carbocycles. The van der Waals surface area contributed by atoms with E-state index in [1.165, 1.54) is 18.2 Å². The number of likely N-dealkylation sites (N-methyl/N-ethyl adjacent to an activating group) is 1. The van der Waals surface area contributed by atoms with Crippen LogP contribution in [-0.4, -0.2) is 43.7 Å². The summed E-state index contributed by atoms with van der Waals surface area (Å²) in [6.45, 7) is 5.19. The molecule has 1 aromatic heterocycles. The normalized spacial score (nSPS) is 18.1. The van der Waals surface area contributed by atoms with Gasteiger partial charge in [-0.2, -0.15) is 0 Å². The molecule has 2 N–H and O–H groups in total. The maximum Gasteiger partial charge on any atom is 0.324 e. The third kappa shape index (κ3) is 3.32. The van der Waals surface area contributed by atoms with Crippen molar-refractivity contribution in [3.05, 3.63) is 5.82 Å². The van der Waals surface area contributed by atoms with Crippen molar-refractivity contribution < 1.29 is 9.90 Å². The smallest absolute Gasteiger partial charge is 0.324 e. The Morgan fingerprint density at radius 2 is 2.25 bits per heavy atom. The topological polar surface area (TPSA) is 80.0 Å². The molecule has 0 aliphatic carbocycles. The van der Waals surface area contributed by atoms with Gasteiger partial charge in [0.1, 0.15) is 11.4 Å². The predicted molar refractivity (Wildman–Crippen MR) is 78.0 cm³/mol. The summed E-state index contributed by atoms with van der Waals surface area (Å²) in [5.74, 6) is 0.641. The second-order valence-corrected chi connectivity index (χ2v) is 6.26. The molecule has 0 bridgehead atoms. The highest BCUT2D eigenvalue weighted by Gasteiger charge is 2.33. The van der Waals surface area contributed by atoms with E-state index in [9.17, 15) is 9.90 Å². The first kappa shape index (κ1) is 15.3. The SMILES string of the molecule is CCNC(C)(CSc1nnc2n1CCCCC2)C(=O)O. The van der Waals surface area contributed by atoms with Crippen molar-refractivity contribution >= 4 is 17.7 Å². The molecule has 0 fully saturated rings. The fourth-order valence-electron chi connectivity index (χ4n) is 2.35. The van der Waals surface area contributed by atoms with Crippen LogP contribution in [0.2, 0.25) is 0 Å². The van der Waals surface area contributed by atoms with E-state index in [1.54, 1.807) is 6.92 Å². The lowest BCUT2D eigenvalue weighted by Gasteiger charge is -2.25. The van der Waals surface area contributed by atoms with Crippen LogP contribution in [0.5, 0.6) is 0 Å². The zero-order chi connectivity index (χ0) is 14.6. The summed E-state index contributed by atoms with van der Waals surface area (Å²) < 4.78 is 2.14. The molecular formula is C13H22N4O2S. The van der Waals surface area contributed by atoms with Crippen LogP contribution in [0.15, 0.2) is 5.16 Å². The summed E-state index contributed by atoms with van der Waals surface area (Å²) >= 11 is 1.47. The summed E-state index contributed by atoms with van der Waals surface area (Å²) in [4.78, 5) is 11.4. The number of thioether (sulfide) groups is 1. The number of hydrogen-bond donors (Lipinski definition) is 2. The molecule has 6 nitrogen and oxygen atoms in total. The Morgan fingerprint density at radius 3 is 2.95 bits per heavy atom. The number of aryl methyl sites for hydroxylation is 1. The summed E-state index contributed by atoms with van der Waals surface area (Å²) in [6.07, 6.45) is 4.49. The average molecular weight is 298 g/mol. The molecule has 1 atom stereocenters. The highest BCUT2D eigenvalue weighted by Crippen LogP contribution is 2.25. The molecule has 1 unspecified atom stereocenters. The first-order chi connectivity index (χ1) is 9.57. The van der Waals surface area contributed by atoms with Crippen molar-refractivity contribution in [2.45, 2.75) is 56.8 Å². The van der Waals surface area contributed by atoms with E-state index in [2.05, 4.69) is 20.1 Å². The number of carbonyl (C=O) groups is 1. The van der Waals surface area contributed by atoms with E-state index in [-0.39, 0.29) is 0 Å².